The Morgan fingerprint density at radius 1 is 1.24 bits per heavy atom. The molecule has 1 saturated heterocycles. The van der Waals surface area contributed by atoms with E-state index in [0.717, 1.165) is 18.8 Å². The number of benzene rings is 1. The third-order valence-corrected chi connectivity index (χ3v) is 5.74. The number of anilines is 2. The highest BCUT2D eigenvalue weighted by Gasteiger charge is 2.23. The molecule has 1 aromatic carbocycles. The van der Waals surface area contributed by atoms with Crippen molar-refractivity contribution in [2.75, 3.05) is 50.0 Å². The minimum atomic E-state index is -3.46. The average molecular weight is 313 g/mol. The fraction of sp³-hybridized carbons (Fsp3) is 0.571. The number of sulfonamides is 1. The number of nitrogens with two attached hydrogens (primary N) is 1. The molecule has 0 aromatic heterocycles. The summed E-state index contributed by atoms with van der Waals surface area (Å²) in [5.41, 5.74) is 7.43. The van der Waals surface area contributed by atoms with Crippen LogP contribution in [-0.2, 0) is 14.8 Å². The van der Waals surface area contributed by atoms with Crippen LogP contribution in [0.1, 0.15) is 13.8 Å². The van der Waals surface area contributed by atoms with Crippen LogP contribution >= 0.6 is 0 Å². The van der Waals surface area contributed by atoms with Gasteiger partial charge < -0.3 is 15.4 Å². The van der Waals surface area contributed by atoms with Gasteiger partial charge in [-0.2, -0.15) is 4.31 Å². The molecule has 1 aromatic rings. The van der Waals surface area contributed by atoms with Crippen LogP contribution in [0.25, 0.3) is 0 Å². The molecular formula is C14H23N3O3S. The highest BCUT2D eigenvalue weighted by Crippen LogP contribution is 2.28. The maximum Gasteiger partial charge on any atom is 0.243 e. The molecule has 1 aliphatic heterocycles. The average Bonchev–Trinajstić information content (AvgIpc) is 2.49. The van der Waals surface area contributed by atoms with Crippen LogP contribution in [0.3, 0.4) is 0 Å². The first-order valence-corrected chi connectivity index (χ1v) is 8.67. The molecule has 0 atom stereocenters. The molecule has 2 rings (SSSR count). The van der Waals surface area contributed by atoms with Gasteiger partial charge in [-0.3, -0.25) is 0 Å². The van der Waals surface area contributed by atoms with Gasteiger partial charge in [-0.25, -0.2) is 8.42 Å². The van der Waals surface area contributed by atoms with Crippen LogP contribution in [0.4, 0.5) is 11.4 Å². The van der Waals surface area contributed by atoms with E-state index in [1.54, 1.807) is 18.2 Å². The number of nitrogen functional groups attached to an aromatic ring is 1. The second kappa shape index (κ2) is 6.64. The van der Waals surface area contributed by atoms with Gasteiger partial charge in [0.05, 0.1) is 29.5 Å². The van der Waals surface area contributed by atoms with Gasteiger partial charge in [-0.15, -0.1) is 0 Å². The first-order valence-electron chi connectivity index (χ1n) is 7.23. The van der Waals surface area contributed by atoms with Crippen molar-refractivity contribution in [2.45, 2.75) is 18.7 Å². The lowest BCUT2D eigenvalue weighted by atomic mass is 10.2. The fourth-order valence-electron chi connectivity index (χ4n) is 2.50. The summed E-state index contributed by atoms with van der Waals surface area (Å²) >= 11 is 0. The summed E-state index contributed by atoms with van der Waals surface area (Å²) in [6.45, 7) is 7.42. The Morgan fingerprint density at radius 3 is 2.38 bits per heavy atom. The van der Waals surface area contributed by atoms with Gasteiger partial charge in [-0.05, 0) is 18.2 Å². The zero-order valence-corrected chi connectivity index (χ0v) is 13.4. The van der Waals surface area contributed by atoms with Crippen molar-refractivity contribution >= 4 is 21.4 Å². The summed E-state index contributed by atoms with van der Waals surface area (Å²) in [7, 11) is -3.46. The normalized spacial score (nSPS) is 16.4. The molecule has 0 spiro atoms. The van der Waals surface area contributed by atoms with Crippen LogP contribution in [0.2, 0.25) is 0 Å². The zero-order chi connectivity index (χ0) is 15.5. The molecule has 0 unspecified atom stereocenters. The van der Waals surface area contributed by atoms with Crippen LogP contribution in [0.15, 0.2) is 23.1 Å². The topological polar surface area (TPSA) is 75.9 Å². The lowest BCUT2D eigenvalue weighted by Gasteiger charge is -2.30. The Labute approximate surface area is 126 Å². The van der Waals surface area contributed by atoms with E-state index < -0.39 is 10.0 Å². The molecular weight excluding hydrogens is 290 g/mol. The van der Waals surface area contributed by atoms with E-state index in [-0.39, 0.29) is 4.90 Å². The Kier molecular flexibility index (Phi) is 5.08. The SMILES string of the molecule is CCN(CC)S(=O)(=O)c1ccc(N2CCOCC2)c(N)c1. The molecule has 118 valence electrons. The van der Waals surface area contributed by atoms with Gasteiger partial charge in [0.25, 0.3) is 0 Å². The number of hydrogen-bond donors (Lipinski definition) is 1. The van der Waals surface area contributed by atoms with Crippen molar-refractivity contribution < 1.29 is 13.2 Å². The van der Waals surface area contributed by atoms with Gasteiger partial charge in [0.2, 0.25) is 10.0 Å². The van der Waals surface area contributed by atoms with E-state index in [1.807, 2.05) is 13.8 Å². The highest BCUT2D eigenvalue weighted by molar-refractivity contribution is 7.89. The molecule has 1 heterocycles. The van der Waals surface area contributed by atoms with Gasteiger partial charge in [0, 0.05) is 26.2 Å². The smallest absolute Gasteiger partial charge is 0.243 e. The molecule has 2 N–H and O–H groups in total. The lowest BCUT2D eigenvalue weighted by molar-refractivity contribution is 0.123. The van der Waals surface area contributed by atoms with Crippen LogP contribution in [0.5, 0.6) is 0 Å². The third kappa shape index (κ3) is 3.30. The largest absolute Gasteiger partial charge is 0.397 e. The summed E-state index contributed by atoms with van der Waals surface area (Å²) in [5, 5.41) is 0. The van der Waals surface area contributed by atoms with Crippen molar-refractivity contribution in [3.63, 3.8) is 0 Å². The zero-order valence-electron chi connectivity index (χ0n) is 12.6. The maximum atomic E-state index is 12.5. The Hall–Kier alpha value is -1.31. The molecule has 0 bridgehead atoms. The molecule has 6 nitrogen and oxygen atoms in total. The van der Waals surface area contributed by atoms with Gasteiger partial charge in [0.15, 0.2) is 0 Å². The molecule has 0 amide bonds. The maximum absolute atomic E-state index is 12.5. The minimum Gasteiger partial charge on any atom is -0.397 e. The highest BCUT2D eigenvalue weighted by atomic mass is 32.2. The Balaban J connectivity index is 2.30. The second-order valence-electron chi connectivity index (χ2n) is 4.91. The predicted octanol–water partition coefficient (Wildman–Crippen LogP) is 1.14. The monoisotopic (exact) mass is 313 g/mol. The van der Waals surface area contributed by atoms with E-state index in [1.165, 1.54) is 4.31 Å². The molecule has 7 heteroatoms. The van der Waals surface area contributed by atoms with Crippen molar-refractivity contribution in [3.05, 3.63) is 18.2 Å². The molecule has 21 heavy (non-hydrogen) atoms. The molecule has 0 aliphatic carbocycles. The van der Waals surface area contributed by atoms with Crippen molar-refractivity contribution in [2.24, 2.45) is 0 Å². The van der Waals surface area contributed by atoms with E-state index in [2.05, 4.69) is 4.90 Å². The number of nitrogens with zero attached hydrogens (tertiary/aromatic N) is 2. The van der Waals surface area contributed by atoms with E-state index in [0.29, 0.717) is 32.0 Å². The molecule has 1 fully saturated rings. The van der Waals surface area contributed by atoms with Gasteiger partial charge in [0.1, 0.15) is 0 Å². The summed E-state index contributed by atoms with van der Waals surface area (Å²) in [5.74, 6) is 0. The van der Waals surface area contributed by atoms with Gasteiger partial charge >= 0.3 is 0 Å². The third-order valence-electron chi connectivity index (χ3n) is 3.69. The Bertz CT molecular complexity index is 579. The van der Waals surface area contributed by atoms with Crippen LogP contribution in [0, 0.1) is 0 Å². The summed E-state index contributed by atoms with van der Waals surface area (Å²) in [6.07, 6.45) is 0. The second-order valence-corrected chi connectivity index (χ2v) is 6.85. The van der Waals surface area contributed by atoms with Crippen molar-refractivity contribution in [1.29, 1.82) is 0 Å². The van der Waals surface area contributed by atoms with Crippen molar-refractivity contribution in [1.82, 2.24) is 4.31 Å². The fourth-order valence-corrected chi connectivity index (χ4v) is 3.99. The summed E-state index contributed by atoms with van der Waals surface area (Å²) in [4.78, 5) is 2.37. The van der Waals surface area contributed by atoms with E-state index >= 15 is 0 Å². The molecule has 1 aliphatic rings. The number of hydrogen-bond acceptors (Lipinski definition) is 5. The standard InChI is InChI=1S/C14H23N3O3S/c1-3-17(4-2)21(18,19)12-5-6-14(13(15)11-12)16-7-9-20-10-8-16/h5-6,11H,3-4,7-10,15H2,1-2H3. The van der Waals surface area contributed by atoms with Gasteiger partial charge in [-0.1, -0.05) is 13.8 Å². The Morgan fingerprint density at radius 2 is 1.86 bits per heavy atom. The predicted molar refractivity (Wildman–Crippen MR) is 84.0 cm³/mol. The summed E-state index contributed by atoms with van der Waals surface area (Å²) in [6, 6.07) is 4.98. The number of ether oxygens (including phenoxy) is 1. The molecule has 0 radical (unpaired) electrons. The van der Waals surface area contributed by atoms with Crippen LogP contribution in [-0.4, -0.2) is 52.1 Å². The van der Waals surface area contributed by atoms with Crippen LogP contribution < -0.4 is 10.6 Å². The van der Waals surface area contributed by atoms with E-state index in [4.69, 9.17) is 10.5 Å². The van der Waals surface area contributed by atoms with E-state index in [9.17, 15) is 8.42 Å². The quantitative estimate of drug-likeness (QED) is 0.825. The molecule has 0 saturated carbocycles. The first-order chi connectivity index (χ1) is 10.0. The number of morpholine rings is 1. The lowest BCUT2D eigenvalue weighted by Crippen LogP contribution is -2.36. The minimum absolute atomic E-state index is 0.251. The first kappa shape index (κ1) is 16.1. The number of rotatable bonds is 5. The summed E-state index contributed by atoms with van der Waals surface area (Å²) < 4.78 is 31.7. The van der Waals surface area contributed by atoms with Crippen molar-refractivity contribution in [3.8, 4) is 0 Å².